The van der Waals surface area contributed by atoms with Crippen molar-refractivity contribution in [3.05, 3.63) is 28.8 Å². The number of benzene rings is 1. The summed E-state index contributed by atoms with van der Waals surface area (Å²) in [7, 11) is 1.29. The van der Waals surface area contributed by atoms with Crippen LogP contribution >= 0.6 is 11.6 Å². The summed E-state index contributed by atoms with van der Waals surface area (Å²) in [4.78, 5) is 23.3. The second-order valence-electron chi connectivity index (χ2n) is 4.70. The van der Waals surface area contributed by atoms with Gasteiger partial charge in [0.25, 0.3) is 0 Å². The molecule has 0 radical (unpaired) electrons. The predicted molar refractivity (Wildman–Crippen MR) is 68.8 cm³/mol. The summed E-state index contributed by atoms with van der Waals surface area (Å²) in [5.74, 6) is -0.547. The van der Waals surface area contributed by atoms with Crippen LogP contribution < -0.4 is 5.32 Å². The highest BCUT2D eigenvalue weighted by Crippen LogP contribution is 2.45. The fraction of sp³-hybridized carbons (Fsp3) is 0.385. The van der Waals surface area contributed by atoms with Gasteiger partial charge in [0.05, 0.1) is 17.7 Å². The molecule has 0 heterocycles. The first-order valence-corrected chi connectivity index (χ1v) is 6.03. The SMILES string of the molecule is COC(=O)c1cc(NC(=O)C2(C)CC2)ccc1Cl. The van der Waals surface area contributed by atoms with E-state index in [-0.39, 0.29) is 16.9 Å². The van der Waals surface area contributed by atoms with Crippen molar-refractivity contribution in [2.75, 3.05) is 12.4 Å². The van der Waals surface area contributed by atoms with E-state index in [2.05, 4.69) is 10.1 Å². The molecule has 0 saturated heterocycles. The van der Waals surface area contributed by atoms with E-state index in [1.807, 2.05) is 6.92 Å². The first-order chi connectivity index (χ1) is 8.46. The minimum Gasteiger partial charge on any atom is -0.465 e. The summed E-state index contributed by atoms with van der Waals surface area (Å²) in [5, 5.41) is 3.09. The molecule has 18 heavy (non-hydrogen) atoms. The lowest BCUT2D eigenvalue weighted by Gasteiger charge is -2.11. The van der Waals surface area contributed by atoms with Gasteiger partial charge in [-0.25, -0.2) is 4.79 Å². The number of hydrogen-bond acceptors (Lipinski definition) is 3. The van der Waals surface area contributed by atoms with Crippen LogP contribution in [-0.2, 0) is 9.53 Å². The molecule has 0 spiro atoms. The molecule has 0 unspecified atom stereocenters. The summed E-state index contributed by atoms with van der Waals surface area (Å²) in [6, 6.07) is 4.76. The molecule has 1 fully saturated rings. The Labute approximate surface area is 110 Å². The van der Waals surface area contributed by atoms with Crippen LogP contribution in [0.2, 0.25) is 5.02 Å². The molecule has 1 aliphatic rings. The Morgan fingerprint density at radius 1 is 1.39 bits per heavy atom. The van der Waals surface area contributed by atoms with E-state index in [0.717, 1.165) is 12.8 Å². The number of halogens is 1. The molecule has 5 heteroatoms. The summed E-state index contributed by atoms with van der Waals surface area (Å²) in [5.41, 5.74) is 0.543. The van der Waals surface area contributed by atoms with Crippen LogP contribution in [0.3, 0.4) is 0 Å². The largest absolute Gasteiger partial charge is 0.465 e. The Bertz CT molecular complexity index is 509. The standard InChI is InChI=1S/C13H14ClNO3/c1-13(5-6-13)12(17)15-8-3-4-10(14)9(7-8)11(16)18-2/h3-4,7H,5-6H2,1-2H3,(H,15,17). The van der Waals surface area contributed by atoms with Crippen molar-refractivity contribution in [2.24, 2.45) is 5.41 Å². The monoisotopic (exact) mass is 267 g/mol. The molecule has 1 amide bonds. The van der Waals surface area contributed by atoms with E-state index in [0.29, 0.717) is 10.7 Å². The Balaban J connectivity index is 2.19. The quantitative estimate of drug-likeness (QED) is 0.857. The van der Waals surface area contributed by atoms with Gasteiger partial charge in [-0.15, -0.1) is 0 Å². The highest BCUT2D eigenvalue weighted by molar-refractivity contribution is 6.33. The van der Waals surface area contributed by atoms with Gasteiger partial charge in [-0.1, -0.05) is 18.5 Å². The van der Waals surface area contributed by atoms with Gasteiger partial charge in [0, 0.05) is 11.1 Å². The van der Waals surface area contributed by atoms with Gasteiger partial charge in [0.15, 0.2) is 0 Å². The molecule has 1 aromatic rings. The van der Waals surface area contributed by atoms with Gasteiger partial charge in [-0.05, 0) is 31.0 Å². The number of rotatable bonds is 3. The topological polar surface area (TPSA) is 55.4 Å². The molecule has 4 nitrogen and oxygen atoms in total. The highest BCUT2D eigenvalue weighted by atomic mass is 35.5. The molecule has 1 N–H and O–H groups in total. The molecular weight excluding hydrogens is 254 g/mol. The van der Waals surface area contributed by atoms with Gasteiger partial charge in [0.2, 0.25) is 5.91 Å². The summed E-state index contributed by atoms with van der Waals surface area (Å²) >= 11 is 5.90. The lowest BCUT2D eigenvalue weighted by molar-refractivity contribution is -0.120. The fourth-order valence-electron chi connectivity index (χ4n) is 1.57. The van der Waals surface area contributed by atoms with Crippen LogP contribution in [0, 0.1) is 5.41 Å². The average molecular weight is 268 g/mol. The van der Waals surface area contributed by atoms with Gasteiger partial charge in [-0.2, -0.15) is 0 Å². The molecule has 1 saturated carbocycles. The zero-order valence-electron chi connectivity index (χ0n) is 10.2. The minimum atomic E-state index is -0.520. The van der Waals surface area contributed by atoms with Gasteiger partial charge >= 0.3 is 5.97 Å². The second-order valence-corrected chi connectivity index (χ2v) is 5.11. The third-order valence-electron chi connectivity index (χ3n) is 3.18. The Morgan fingerprint density at radius 3 is 2.61 bits per heavy atom. The fourth-order valence-corrected chi connectivity index (χ4v) is 1.76. The van der Waals surface area contributed by atoms with E-state index < -0.39 is 5.97 Å². The first kappa shape index (κ1) is 12.9. The van der Waals surface area contributed by atoms with Crippen molar-refractivity contribution in [1.29, 1.82) is 0 Å². The van der Waals surface area contributed by atoms with Crippen LogP contribution in [0.1, 0.15) is 30.1 Å². The molecule has 2 rings (SSSR count). The van der Waals surface area contributed by atoms with Crippen LogP contribution in [0.5, 0.6) is 0 Å². The summed E-state index contributed by atoms with van der Waals surface area (Å²) < 4.78 is 4.62. The lowest BCUT2D eigenvalue weighted by atomic mass is 10.1. The molecule has 1 aliphatic carbocycles. The van der Waals surface area contributed by atoms with Crippen molar-refractivity contribution in [2.45, 2.75) is 19.8 Å². The number of carbonyl (C=O) groups is 2. The zero-order chi connectivity index (χ0) is 13.3. The van der Waals surface area contributed by atoms with E-state index in [1.165, 1.54) is 13.2 Å². The first-order valence-electron chi connectivity index (χ1n) is 5.65. The van der Waals surface area contributed by atoms with Gasteiger partial charge in [-0.3, -0.25) is 4.79 Å². The highest BCUT2D eigenvalue weighted by Gasteiger charge is 2.44. The van der Waals surface area contributed by atoms with Crippen molar-refractivity contribution in [1.82, 2.24) is 0 Å². The molecule has 0 bridgehead atoms. The average Bonchev–Trinajstić information content (AvgIpc) is 3.10. The number of anilines is 1. The Hall–Kier alpha value is -1.55. The number of nitrogens with one attached hydrogen (secondary N) is 1. The van der Waals surface area contributed by atoms with Crippen LogP contribution in [0.15, 0.2) is 18.2 Å². The molecule has 1 aromatic carbocycles. The third kappa shape index (κ3) is 2.48. The lowest BCUT2D eigenvalue weighted by Crippen LogP contribution is -2.21. The smallest absolute Gasteiger partial charge is 0.339 e. The molecule has 0 aliphatic heterocycles. The van der Waals surface area contributed by atoms with Crippen LogP contribution in [-0.4, -0.2) is 19.0 Å². The number of carbonyl (C=O) groups excluding carboxylic acids is 2. The van der Waals surface area contributed by atoms with Crippen LogP contribution in [0.25, 0.3) is 0 Å². The molecule has 96 valence electrons. The zero-order valence-corrected chi connectivity index (χ0v) is 11.0. The maximum Gasteiger partial charge on any atom is 0.339 e. The number of ether oxygens (including phenoxy) is 1. The number of hydrogen-bond donors (Lipinski definition) is 1. The van der Waals surface area contributed by atoms with Crippen molar-refractivity contribution in [3.63, 3.8) is 0 Å². The van der Waals surface area contributed by atoms with Crippen LogP contribution in [0.4, 0.5) is 5.69 Å². The predicted octanol–water partition coefficient (Wildman–Crippen LogP) is 2.87. The van der Waals surface area contributed by atoms with E-state index in [9.17, 15) is 9.59 Å². The molecule has 0 aromatic heterocycles. The number of amides is 1. The van der Waals surface area contributed by atoms with E-state index >= 15 is 0 Å². The molecule has 0 atom stereocenters. The van der Waals surface area contributed by atoms with Gasteiger partial charge < -0.3 is 10.1 Å². The van der Waals surface area contributed by atoms with Gasteiger partial charge in [0.1, 0.15) is 0 Å². The normalized spacial score (nSPS) is 15.9. The second kappa shape index (κ2) is 4.61. The summed E-state index contributed by atoms with van der Waals surface area (Å²) in [6.45, 7) is 1.92. The van der Waals surface area contributed by atoms with E-state index in [4.69, 9.17) is 11.6 Å². The minimum absolute atomic E-state index is 0.0272. The number of esters is 1. The Kier molecular flexibility index (Phi) is 3.30. The maximum atomic E-state index is 11.9. The molecular formula is C13H14ClNO3. The van der Waals surface area contributed by atoms with Crippen molar-refractivity contribution in [3.8, 4) is 0 Å². The van der Waals surface area contributed by atoms with E-state index in [1.54, 1.807) is 12.1 Å². The Morgan fingerprint density at radius 2 is 2.06 bits per heavy atom. The maximum absolute atomic E-state index is 11.9. The number of methoxy groups -OCH3 is 1. The summed E-state index contributed by atoms with van der Waals surface area (Å²) in [6.07, 6.45) is 1.80. The third-order valence-corrected chi connectivity index (χ3v) is 3.51. The van der Waals surface area contributed by atoms with Crippen molar-refractivity contribution < 1.29 is 14.3 Å². The van der Waals surface area contributed by atoms with Crippen molar-refractivity contribution >= 4 is 29.2 Å².